The molecule has 2 heteroatoms. The minimum Gasteiger partial charge on any atom is -0.455 e. The van der Waals surface area contributed by atoms with Crippen LogP contribution in [0.4, 0.5) is 0 Å². The van der Waals surface area contributed by atoms with E-state index >= 15 is 0 Å². The van der Waals surface area contributed by atoms with Gasteiger partial charge in [-0.25, -0.2) is 0 Å². The maximum absolute atomic E-state index is 6.77. The van der Waals surface area contributed by atoms with Crippen molar-refractivity contribution in [2.45, 2.75) is 13.8 Å². The monoisotopic (exact) mass is 630 g/mol. The van der Waals surface area contributed by atoms with Gasteiger partial charge in [-0.3, -0.25) is 0 Å². The topological polar surface area (TPSA) is 13.1 Å². The number of allylic oxidation sites excluding steroid dienone is 1. The maximum atomic E-state index is 6.77. The Morgan fingerprint density at radius 2 is 1.25 bits per heavy atom. The van der Waals surface area contributed by atoms with E-state index < -0.39 is 0 Å². The SMILES string of the molecule is C/C(=C\c1ccc(-c2c3ccccc3cc3ccccc23)cc1C)c1ccc2c(c1)oc1c3ccccc3c3sc4ccccc4c3c21. The average Bonchev–Trinajstić information content (AvgIpc) is 3.70. The smallest absolute Gasteiger partial charge is 0.143 e. The van der Waals surface area contributed by atoms with E-state index in [0.29, 0.717) is 0 Å². The van der Waals surface area contributed by atoms with E-state index in [1.54, 1.807) is 0 Å². The molecule has 48 heavy (non-hydrogen) atoms. The molecule has 2 aromatic heterocycles. The van der Waals surface area contributed by atoms with Crippen molar-refractivity contribution in [3.63, 3.8) is 0 Å². The Hall–Kier alpha value is -5.70. The summed E-state index contributed by atoms with van der Waals surface area (Å²) in [5.41, 5.74) is 9.31. The van der Waals surface area contributed by atoms with Crippen LogP contribution in [0.5, 0.6) is 0 Å². The molecule has 0 unspecified atom stereocenters. The second kappa shape index (κ2) is 10.4. The van der Waals surface area contributed by atoms with Gasteiger partial charge in [-0.15, -0.1) is 11.3 Å². The number of hydrogen-bond acceptors (Lipinski definition) is 2. The third kappa shape index (κ3) is 4.03. The highest BCUT2D eigenvalue weighted by atomic mass is 32.1. The lowest BCUT2D eigenvalue weighted by atomic mass is 9.90. The Kier molecular flexibility index (Phi) is 5.94. The Bertz CT molecular complexity index is 2920. The van der Waals surface area contributed by atoms with E-state index in [1.165, 1.54) is 96.7 Å². The zero-order chi connectivity index (χ0) is 31.9. The number of hydrogen-bond donors (Lipinski definition) is 0. The molecule has 0 spiro atoms. The Morgan fingerprint density at radius 3 is 2.00 bits per heavy atom. The summed E-state index contributed by atoms with van der Waals surface area (Å²) < 4.78 is 9.41. The van der Waals surface area contributed by atoms with Crippen LogP contribution < -0.4 is 0 Å². The van der Waals surface area contributed by atoms with Crippen LogP contribution in [0.2, 0.25) is 0 Å². The lowest BCUT2D eigenvalue weighted by molar-refractivity contribution is 0.673. The van der Waals surface area contributed by atoms with Crippen molar-refractivity contribution in [3.05, 3.63) is 156 Å². The summed E-state index contributed by atoms with van der Waals surface area (Å²) in [6.45, 7) is 4.43. The fraction of sp³-hybridized carbons (Fsp3) is 0.0435. The summed E-state index contributed by atoms with van der Waals surface area (Å²) in [5.74, 6) is 0. The standard InChI is InChI=1S/C46H30OS/c1-27(23-29-19-20-33(24-28(29)2)42-34-13-5-3-11-31(34)25-32-12-4-6-14-35(32)42)30-21-22-38-40(26-30)47-45-36-15-7-8-16-37(36)46-44(43(38)45)39-17-9-10-18-41(39)48-46/h3-26H,1-2H3/b27-23+. The minimum atomic E-state index is 0.929. The molecule has 1 nitrogen and oxygen atoms in total. The van der Waals surface area contributed by atoms with Gasteiger partial charge in [-0.1, -0.05) is 121 Å². The summed E-state index contributed by atoms with van der Waals surface area (Å²) >= 11 is 1.88. The predicted octanol–water partition coefficient (Wildman–Crippen LogP) is 13.9. The fourth-order valence-corrected chi connectivity index (χ4v) is 9.03. The molecule has 0 saturated heterocycles. The molecule has 0 radical (unpaired) electrons. The predicted molar refractivity (Wildman–Crippen MR) is 209 cm³/mol. The van der Waals surface area contributed by atoms with Crippen molar-refractivity contribution in [1.82, 2.24) is 0 Å². The summed E-state index contributed by atoms with van der Waals surface area (Å²) in [6.07, 6.45) is 2.31. The van der Waals surface area contributed by atoms with Crippen molar-refractivity contribution in [2.75, 3.05) is 0 Å². The lowest BCUT2D eigenvalue weighted by Crippen LogP contribution is -1.89. The summed E-state index contributed by atoms with van der Waals surface area (Å²) in [5, 5.41) is 12.5. The van der Waals surface area contributed by atoms with Crippen LogP contribution in [0.1, 0.15) is 23.6 Å². The number of benzene rings is 8. The van der Waals surface area contributed by atoms with E-state index in [0.717, 1.165) is 11.2 Å². The molecule has 0 aliphatic rings. The van der Waals surface area contributed by atoms with Gasteiger partial charge in [0.2, 0.25) is 0 Å². The molecule has 0 aliphatic heterocycles. The Labute approximate surface area is 282 Å². The molecule has 0 fully saturated rings. The average molecular weight is 631 g/mol. The minimum absolute atomic E-state index is 0.929. The van der Waals surface area contributed by atoms with Crippen LogP contribution in [0.3, 0.4) is 0 Å². The van der Waals surface area contributed by atoms with Crippen molar-refractivity contribution >= 4 is 97.4 Å². The maximum Gasteiger partial charge on any atom is 0.143 e. The van der Waals surface area contributed by atoms with Crippen molar-refractivity contribution < 1.29 is 4.42 Å². The second-order valence-electron chi connectivity index (χ2n) is 13.0. The zero-order valence-corrected chi connectivity index (χ0v) is 27.5. The zero-order valence-electron chi connectivity index (χ0n) is 26.7. The van der Waals surface area contributed by atoms with Gasteiger partial charge < -0.3 is 4.42 Å². The normalized spacial score (nSPS) is 12.5. The first-order chi connectivity index (χ1) is 23.6. The van der Waals surface area contributed by atoms with Crippen LogP contribution in [-0.2, 0) is 0 Å². The highest BCUT2D eigenvalue weighted by Crippen LogP contribution is 2.47. The third-order valence-electron chi connectivity index (χ3n) is 10.1. The molecule has 0 bridgehead atoms. The first-order valence-corrected chi connectivity index (χ1v) is 17.3. The van der Waals surface area contributed by atoms with Gasteiger partial charge in [0.1, 0.15) is 11.2 Å². The Balaban J connectivity index is 1.10. The number of aryl methyl sites for hydroxylation is 1. The van der Waals surface area contributed by atoms with Gasteiger partial charge in [0.25, 0.3) is 0 Å². The molecule has 8 aromatic carbocycles. The van der Waals surface area contributed by atoms with Crippen molar-refractivity contribution in [3.8, 4) is 11.1 Å². The van der Waals surface area contributed by atoms with Crippen LogP contribution in [-0.4, -0.2) is 0 Å². The van der Waals surface area contributed by atoms with Gasteiger partial charge in [-0.2, -0.15) is 0 Å². The summed E-state index contributed by atoms with van der Waals surface area (Å²) in [6, 6.07) is 50.8. The molecule has 0 amide bonds. The number of furan rings is 1. The first-order valence-electron chi connectivity index (χ1n) is 16.5. The Morgan fingerprint density at radius 1 is 0.583 bits per heavy atom. The molecule has 10 rings (SSSR count). The quantitative estimate of drug-likeness (QED) is 0.140. The fourth-order valence-electron chi connectivity index (χ4n) is 7.78. The molecule has 0 atom stereocenters. The molecular weight excluding hydrogens is 601 g/mol. The van der Waals surface area contributed by atoms with E-state index in [1.807, 2.05) is 11.3 Å². The van der Waals surface area contributed by atoms with E-state index in [4.69, 9.17) is 4.42 Å². The number of fused-ring (bicyclic) bond motifs is 12. The highest BCUT2D eigenvalue weighted by molar-refractivity contribution is 7.27. The van der Waals surface area contributed by atoms with Crippen LogP contribution in [0.25, 0.3) is 97.2 Å². The first kappa shape index (κ1) is 27.4. The highest BCUT2D eigenvalue weighted by Gasteiger charge is 2.20. The van der Waals surface area contributed by atoms with Crippen molar-refractivity contribution in [1.29, 1.82) is 0 Å². The van der Waals surface area contributed by atoms with Crippen LogP contribution >= 0.6 is 11.3 Å². The van der Waals surface area contributed by atoms with Crippen molar-refractivity contribution in [2.24, 2.45) is 0 Å². The summed E-state index contributed by atoms with van der Waals surface area (Å²) in [4.78, 5) is 0. The van der Waals surface area contributed by atoms with Gasteiger partial charge in [0.05, 0.1) is 0 Å². The third-order valence-corrected chi connectivity index (χ3v) is 11.3. The van der Waals surface area contributed by atoms with E-state index in [2.05, 4.69) is 159 Å². The molecule has 0 aliphatic carbocycles. The van der Waals surface area contributed by atoms with E-state index in [9.17, 15) is 0 Å². The van der Waals surface area contributed by atoms with Crippen LogP contribution in [0, 0.1) is 6.92 Å². The van der Waals surface area contributed by atoms with E-state index in [-0.39, 0.29) is 0 Å². The van der Waals surface area contributed by atoms with Crippen LogP contribution in [0.15, 0.2) is 144 Å². The van der Waals surface area contributed by atoms with Gasteiger partial charge in [0.15, 0.2) is 0 Å². The largest absolute Gasteiger partial charge is 0.455 e. The second-order valence-corrected chi connectivity index (χ2v) is 14.0. The molecule has 226 valence electrons. The molecular formula is C46H30OS. The molecule has 0 saturated carbocycles. The molecule has 0 N–H and O–H groups in total. The lowest BCUT2D eigenvalue weighted by Gasteiger charge is -2.14. The van der Waals surface area contributed by atoms with Gasteiger partial charge >= 0.3 is 0 Å². The summed E-state index contributed by atoms with van der Waals surface area (Å²) in [7, 11) is 0. The van der Waals surface area contributed by atoms with Gasteiger partial charge in [-0.05, 0) is 93.0 Å². The molecule has 2 heterocycles. The number of thiophene rings is 1. The molecule has 10 aromatic rings. The van der Waals surface area contributed by atoms with Gasteiger partial charge in [0, 0.05) is 41.7 Å². The number of rotatable bonds is 3.